The topological polar surface area (TPSA) is 33.1 Å². The van der Waals surface area contributed by atoms with Gasteiger partial charge in [-0.25, -0.2) is 13.8 Å². The van der Waals surface area contributed by atoms with Crippen LogP contribution in [0, 0.1) is 10.6 Å². The first kappa shape index (κ1) is 10.8. The number of pyridine rings is 1. The summed E-state index contributed by atoms with van der Waals surface area (Å²) in [5, 5.41) is 8.84. The molecule has 72 valence electrons. The standard InChI is InChI=1S/C8H8F2INO/c1-4-5(8(9)10)2-7(11)12-6(4)3-13/h2,8,13H,3H2,1H3. The van der Waals surface area contributed by atoms with E-state index in [0.29, 0.717) is 15.0 Å². The fourth-order valence-corrected chi connectivity index (χ4v) is 1.66. The van der Waals surface area contributed by atoms with Crippen molar-refractivity contribution in [2.24, 2.45) is 0 Å². The van der Waals surface area contributed by atoms with Crippen LogP contribution in [0.2, 0.25) is 0 Å². The molecule has 0 unspecified atom stereocenters. The van der Waals surface area contributed by atoms with E-state index in [0.717, 1.165) is 0 Å². The molecule has 0 saturated carbocycles. The molecule has 1 heterocycles. The zero-order valence-electron chi connectivity index (χ0n) is 6.89. The quantitative estimate of drug-likeness (QED) is 0.672. The number of halogens is 3. The zero-order valence-corrected chi connectivity index (χ0v) is 9.05. The summed E-state index contributed by atoms with van der Waals surface area (Å²) in [6, 6.07) is 1.33. The molecule has 0 atom stereocenters. The van der Waals surface area contributed by atoms with Crippen LogP contribution in [0.15, 0.2) is 6.07 Å². The Labute approximate surface area is 88.1 Å². The van der Waals surface area contributed by atoms with E-state index in [-0.39, 0.29) is 12.2 Å². The second-order valence-electron chi connectivity index (χ2n) is 2.56. The van der Waals surface area contributed by atoms with Crippen molar-refractivity contribution in [2.45, 2.75) is 20.0 Å². The van der Waals surface area contributed by atoms with Crippen LogP contribution >= 0.6 is 22.6 Å². The Bertz CT molecular complexity index is 317. The fraction of sp³-hybridized carbons (Fsp3) is 0.375. The highest BCUT2D eigenvalue weighted by molar-refractivity contribution is 14.1. The van der Waals surface area contributed by atoms with E-state index in [9.17, 15) is 8.78 Å². The minimum absolute atomic E-state index is 0.0524. The van der Waals surface area contributed by atoms with Crippen LogP contribution in [0.4, 0.5) is 8.78 Å². The molecule has 0 aliphatic heterocycles. The number of rotatable bonds is 2. The third-order valence-corrected chi connectivity index (χ3v) is 2.32. The number of nitrogens with zero attached hydrogens (tertiary/aromatic N) is 1. The molecule has 0 fully saturated rings. The molecule has 0 radical (unpaired) electrons. The molecule has 1 aromatic heterocycles. The van der Waals surface area contributed by atoms with Crippen molar-refractivity contribution in [2.75, 3.05) is 0 Å². The molecule has 1 aromatic rings. The summed E-state index contributed by atoms with van der Waals surface area (Å²) >= 11 is 1.85. The van der Waals surface area contributed by atoms with Crippen LogP contribution < -0.4 is 0 Å². The second kappa shape index (κ2) is 4.28. The maximum absolute atomic E-state index is 12.4. The van der Waals surface area contributed by atoms with Gasteiger partial charge >= 0.3 is 0 Å². The van der Waals surface area contributed by atoms with E-state index in [1.807, 2.05) is 22.6 Å². The Kier molecular flexibility index (Phi) is 3.55. The van der Waals surface area contributed by atoms with Crippen LogP contribution in [0.1, 0.15) is 23.2 Å². The second-order valence-corrected chi connectivity index (χ2v) is 3.67. The van der Waals surface area contributed by atoms with E-state index < -0.39 is 6.43 Å². The first-order chi connectivity index (χ1) is 6.06. The molecule has 0 aliphatic carbocycles. The maximum atomic E-state index is 12.4. The van der Waals surface area contributed by atoms with Gasteiger partial charge in [-0.1, -0.05) is 0 Å². The van der Waals surface area contributed by atoms with Crippen molar-refractivity contribution in [3.8, 4) is 0 Å². The smallest absolute Gasteiger partial charge is 0.264 e. The van der Waals surface area contributed by atoms with E-state index >= 15 is 0 Å². The van der Waals surface area contributed by atoms with Gasteiger partial charge in [-0.05, 0) is 41.1 Å². The van der Waals surface area contributed by atoms with Gasteiger partial charge in [0.2, 0.25) is 0 Å². The summed E-state index contributed by atoms with van der Waals surface area (Å²) in [5.74, 6) is 0. The molecule has 5 heteroatoms. The first-order valence-corrected chi connectivity index (χ1v) is 4.69. The molecule has 0 spiro atoms. The lowest BCUT2D eigenvalue weighted by atomic mass is 10.1. The number of alkyl halides is 2. The summed E-state index contributed by atoms with van der Waals surface area (Å²) in [6.45, 7) is 1.23. The van der Waals surface area contributed by atoms with Gasteiger partial charge in [-0.2, -0.15) is 0 Å². The highest BCUT2D eigenvalue weighted by Crippen LogP contribution is 2.25. The third-order valence-electron chi connectivity index (χ3n) is 1.77. The van der Waals surface area contributed by atoms with Crippen molar-refractivity contribution < 1.29 is 13.9 Å². The molecular weight excluding hydrogens is 291 g/mol. The number of aliphatic hydroxyl groups excluding tert-OH is 1. The minimum atomic E-state index is -2.51. The van der Waals surface area contributed by atoms with E-state index in [2.05, 4.69) is 4.98 Å². The van der Waals surface area contributed by atoms with E-state index in [1.165, 1.54) is 13.0 Å². The van der Waals surface area contributed by atoms with Crippen LogP contribution in [0.5, 0.6) is 0 Å². The van der Waals surface area contributed by atoms with Crippen LogP contribution in [0.25, 0.3) is 0 Å². The van der Waals surface area contributed by atoms with Crippen LogP contribution in [-0.4, -0.2) is 10.1 Å². The van der Waals surface area contributed by atoms with Gasteiger partial charge in [0.05, 0.1) is 12.3 Å². The Balaban J connectivity index is 3.27. The lowest BCUT2D eigenvalue weighted by molar-refractivity contribution is 0.150. The number of hydrogen-bond acceptors (Lipinski definition) is 2. The van der Waals surface area contributed by atoms with Crippen molar-refractivity contribution in [3.63, 3.8) is 0 Å². The minimum Gasteiger partial charge on any atom is -0.390 e. The van der Waals surface area contributed by atoms with Crippen molar-refractivity contribution >= 4 is 22.6 Å². The number of aliphatic hydroxyl groups is 1. The van der Waals surface area contributed by atoms with Crippen molar-refractivity contribution in [3.05, 3.63) is 26.6 Å². The molecule has 1 N–H and O–H groups in total. The Morgan fingerprint density at radius 2 is 2.23 bits per heavy atom. The van der Waals surface area contributed by atoms with Gasteiger partial charge in [0, 0.05) is 5.56 Å². The van der Waals surface area contributed by atoms with Gasteiger partial charge in [-0.15, -0.1) is 0 Å². The summed E-state index contributed by atoms with van der Waals surface area (Å²) in [6.07, 6.45) is -2.51. The Morgan fingerprint density at radius 3 is 2.69 bits per heavy atom. The summed E-state index contributed by atoms with van der Waals surface area (Å²) in [7, 11) is 0. The van der Waals surface area contributed by atoms with Crippen molar-refractivity contribution in [1.82, 2.24) is 4.98 Å². The number of aromatic nitrogens is 1. The molecule has 0 amide bonds. The zero-order chi connectivity index (χ0) is 10.0. The monoisotopic (exact) mass is 299 g/mol. The van der Waals surface area contributed by atoms with Gasteiger partial charge < -0.3 is 5.11 Å². The maximum Gasteiger partial charge on any atom is 0.264 e. The summed E-state index contributed by atoms with van der Waals surface area (Å²) in [5.41, 5.74) is 0.642. The molecule has 1 rings (SSSR count). The summed E-state index contributed by atoms with van der Waals surface area (Å²) < 4.78 is 25.3. The highest BCUT2D eigenvalue weighted by Gasteiger charge is 2.14. The van der Waals surface area contributed by atoms with Crippen LogP contribution in [0.3, 0.4) is 0 Å². The summed E-state index contributed by atoms with van der Waals surface area (Å²) in [4.78, 5) is 3.94. The molecule has 0 aromatic carbocycles. The van der Waals surface area contributed by atoms with Gasteiger partial charge in [0.15, 0.2) is 0 Å². The molecule has 2 nitrogen and oxygen atoms in total. The number of hydrogen-bond donors (Lipinski definition) is 1. The average molecular weight is 299 g/mol. The fourth-order valence-electron chi connectivity index (χ4n) is 1.03. The van der Waals surface area contributed by atoms with Gasteiger partial charge in [-0.3, -0.25) is 0 Å². The predicted molar refractivity (Wildman–Crippen MR) is 52.6 cm³/mol. The molecule has 13 heavy (non-hydrogen) atoms. The van der Waals surface area contributed by atoms with E-state index in [1.54, 1.807) is 0 Å². The predicted octanol–water partition coefficient (Wildman–Crippen LogP) is 2.42. The average Bonchev–Trinajstić information content (AvgIpc) is 2.08. The normalized spacial score (nSPS) is 10.9. The molecule has 0 aliphatic rings. The van der Waals surface area contributed by atoms with Crippen molar-refractivity contribution in [1.29, 1.82) is 0 Å². The Hall–Kier alpha value is -0.300. The highest BCUT2D eigenvalue weighted by atomic mass is 127. The van der Waals surface area contributed by atoms with Crippen LogP contribution in [-0.2, 0) is 6.61 Å². The molecular formula is C8H8F2INO. The molecule has 0 saturated heterocycles. The van der Waals surface area contributed by atoms with E-state index in [4.69, 9.17) is 5.11 Å². The third kappa shape index (κ3) is 2.34. The SMILES string of the molecule is Cc1c(C(F)F)cc(I)nc1CO. The largest absolute Gasteiger partial charge is 0.390 e. The first-order valence-electron chi connectivity index (χ1n) is 3.61. The molecule has 0 bridgehead atoms. The Morgan fingerprint density at radius 1 is 1.62 bits per heavy atom. The van der Waals surface area contributed by atoms with Gasteiger partial charge in [0.1, 0.15) is 3.70 Å². The lowest BCUT2D eigenvalue weighted by Gasteiger charge is -2.08. The lowest BCUT2D eigenvalue weighted by Crippen LogP contribution is -2.01. The van der Waals surface area contributed by atoms with Gasteiger partial charge in [0.25, 0.3) is 6.43 Å².